The Labute approximate surface area is 138 Å². The number of aromatic nitrogens is 1. The van der Waals surface area contributed by atoms with Gasteiger partial charge >= 0.3 is 6.09 Å². The lowest BCUT2D eigenvalue weighted by Crippen LogP contribution is -2.27. The summed E-state index contributed by atoms with van der Waals surface area (Å²) >= 11 is 0. The molecule has 4 rings (SSSR count). The normalized spacial score (nSPS) is 19.6. The highest BCUT2D eigenvalue weighted by Gasteiger charge is 2.32. The Morgan fingerprint density at radius 1 is 1.29 bits per heavy atom. The minimum Gasteiger partial charge on any atom is -0.443 e. The van der Waals surface area contributed by atoms with Crippen LogP contribution in [0.15, 0.2) is 36.7 Å². The number of amides is 1. The number of halogens is 1. The van der Waals surface area contributed by atoms with Gasteiger partial charge in [-0.2, -0.15) is 0 Å². The molecule has 1 fully saturated rings. The molecule has 6 nitrogen and oxygen atoms in total. The van der Waals surface area contributed by atoms with Gasteiger partial charge < -0.3 is 15.4 Å². The van der Waals surface area contributed by atoms with Crippen LogP contribution in [0.4, 0.5) is 20.6 Å². The van der Waals surface area contributed by atoms with Crippen LogP contribution in [-0.4, -0.2) is 30.3 Å². The predicted molar refractivity (Wildman–Crippen MR) is 87.2 cm³/mol. The highest BCUT2D eigenvalue weighted by atomic mass is 19.1. The highest BCUT2D eigenvalue weighted by Crippen LogP contribution is 2.32. The molecule has 2 aliphatic heterocycles. The third-order valence-electron chi connectivity index (χ3n) is 4.45. The minimum absolute atomic E-state index is 0.253. The molecule has 0 spiro atoms. The third kappa shape index (κ3) is 2.46. The minimum atomic E-state index is -0.489. The summed E-state index contributed by atoms with van der Waals surface area (Å²) in [6.07, 6.45) is 2.72. The second-order valence-corrected chi connectivity index (χ2v) is 5.99. The van der Waals surface area contributed by atoms with Crippen LogP contribution in [0.3, 0.4) is 0 Å². The molecule has 0 bridgehead atoms. The molecule has 2 aliphatic rings. The summed E-state index contributed by atoms with van der Waals surface area (Å²) < 4.78 is 19.7. The molecule has 3 heterocycles. The first-order valence-electron chi connectivity index (χ1n) is 7.80. The number of pyridine rings is 1. The first-order valence-corrected chi connectivity index (χ1v) is 7.80. The van der Waals surface area contributed by atoms with E-state index in [0.29, 0.717) is 31.0 Å². The molecule has 1 amide bonds. The number of hydrogen-bond donors (Lipinski definition) is 1. The van der Waals surface area contributed by atoms with Gasteiger partial charge in [-0.25, -0.2) is 9.18 Å². The average molecular weight is 328 g/mol. The molecule has 0 saturated carbocycles. The monoisotopic (exact) mass is 328 g/mol. The third-order valence-corrected chi connectivity index (χ3v) is 4.45. The largest absolute Gasteiger partial charge is 0.443 e. The van der Waals surface area contributed by atoms with Gasteiger partial charge in [-0.1, -0.05) is 0 Å². The van der Waals surface area contributed by atoms with Gasteiger partial charge in [-0.05, 0) is 35.4 Å². The molecule has 2 N–H and O–H groups in total. The first-order chi connectivity index (χ1) is 11.7. The zero-order chi connectivity index (χ0) is 16.7. The van der Waals surface area contributed by atoms with E-state index in [-0.39, 0.29) is 18.5 Å². The number of fused-ring (bicyclic) bond motifs is 1. The van der Waals surface area contributed by atoms with Crippen molar-refractivity contribution in [3.8, 4) is 0 Å². The maximum absolute atomic E-state index is 14.6. The van der Waals surface area contributed by atoms with E-state index in [9.17, 15) is 9.18 Å². The van der Waals surface area contributed by atoms with Gasteiger partial charge in [0.1, 0.15) is 11.9 Å². The predicted octanol–water partition coefficient (Wildman–Crippen LogP) is 2.02. The number of carbonyl (C=O) groups is 1. The van der Waals surface area contributed by atoms with Crippen LogP contribution in [0, 0.1) is 5.82 Å². The van der Waals surface area contributed by atoms with Crippen LogP contribution >= 0.6 is 0 Å². The van der Waals surface area contributed by atoms with Crippen molar-refractivity contribution < 1.29 is 13.9 Å². The van der Waals surface area contributed by atoms with Crippen molar-refractivity contribution in [2.75, 3.05) is 22.9 Å². The Kier molecular flexibility index (Phi) is 3.57. The highest BCUT2D eigenvalue weighted by molar-refractivity contribution is 5.90. The molecule has 0 aliphatic carbocycles. The van der Waals surface area contributed by atoms with E-state index in [4.69, 9.17) is 10.5 Å². The van der Waals surface area contributed by atoms with Gasteiger partial charge in [0.15, 0.2) is 0 Å². The van der Waals surface area contributed by atoms with E-state index < -0.39 is 6.09 Å². The zero-order valence-corrected chi connectivity index (χ0v) is 13.0. The molecule has 1 unspecified atom stereocenters. The van der Waals surface area contributed by atoms with Crippen molar-refractivity contribution in [3.63, 3.8) is 0 Å². The maximum Gasteiger partial charge on any atom is 0.414 e. The number of anilines is 2. The Balaban J connectivity index is 1.57. The number of ether oxygens (including phenoxy) is 1. The van der Waals surface area contributed by atoms with Gasteiger partial charge in [0.25, 0.3) is 0 Å². The van der Waals surface area contributed by atoms with E-state index >= 15 is 0 Å². The molecule has 124 valence electrons. The Morgan fingerprint density at radius 3 is 2.83 bits per heavy atom. The first kappa shape index (κ1) is 14.9. The lowest BCUT2D eigenvalue weighted by molar-refractivity contribution is 0.145. The van der Waals surface area contributed by atoms with Crippen molar-refractivity contribution in [1.29, 1.82) is 0 Å². The van der Waals surface area contributed by atoms with Crippen LogP contribution in [-0.2, 0) is 17.8 Å². The fourth-order valence-electron chi connectivity index (χ4n) is 3.17. The molecule has 24 heavy (non-hydrogen) atoms. The van der Waals surface area contributed by atoms with Crippen LogP contribution in [0.25, 0.3) is 0 Å². The standard InChI is InChI=1S/C17H17FN4O2/c18-15-5-13(22-10-14(6-19)24-17(22)23)1-2-16(15)21-8-11-3-4-20-7-12(11)9-21/h1-5,7,14H,6,8-10,19H2. The Morgan fingerprint density at radius 2 is 2.12 bits per heavy atom. The number of cyclic esters (lactones) is 1. The smallest absolute Gasteiger partial charge is 0.414 e. The van der Waals surface area contributed by atoms with Crippen molar-refractivity contribution in [1.82, 2.24) is 4.98 Å². The van der Waals surface area contributed by atoms with Crippen LogP contribution < -0.4 is 15.5 Å². The number of benzene rings is 1. The summed E-state index contributed by atoms with van der Waals surface area (Å²) in [7, 11) is 0. The second kappa shape index (κ2) is 5.76. The van der Waals surface area contributed by atoms with Crippen molar-refractivity contribution >= 4 is 17.5 Å². The van der Waals surface area contributed by atoms with E-state index in [1.54, 1.807) is 18.3 Å². The summed E-state index contributed by atoms with van der Waals surface area (Å²) in [4.78, 5) is 19.3. The van der Waals surface area contributed by atoms with E-state index in [1.807, 2.05) is 17.2 Å². The summed E-state index contributed by atoms with van der Waals surface area (Å²) in [5.41, 5.74) is 8.78. The molecule has 2 aromatic rings. The molecular weight excluding hydrogens is 311 g/mol. The second-order valence-electron chi connectivity index (χ2n) is 5.99. The lowest BCUT2D eigenvalue weighted by atomic mass is 10.2. The number of hydrogen-bond acceptors (Lipinski definition) is 5. The fraction of sp³-hybridized carbons (Fsp3) is 0.294. The van der Waals surface area contributed by atoms with Crippen molar-refractivity contribution in [2.24, 2.45) is 5.73 Å². The summed E-state index contributed by atoms with van der Waals surface area (Å²) in [6.45, 7) is 1.87. The topological polar surface area (TPSA) is 71.7 Å². The molecule has 1 aromatic heterocycles. The van der Waals surface area contributed by atoms with E-state index in [1.165, 1.54) is 11.0 Å². The van der Waals surface area contributed by atoms with Gasteiger partial charge in [0, 0.05) is 32.0 Å². The van der Waals surface area contributed by atoms with Gasteiger partial charge in [-0.15, -0.1) is 0 Å². The quantitative estimate of drug-likeness (QED) is 0.933. The number of carbonyl (C=O) groups excluding carboxylic acids is 1. The van der Waals surface area contributed by atoms with Gasteiger partial charge in [0.05, 0.1) is 17.9 Å². The molecule has 1 atom stereocenters. The lowest BCUT2D eigenvalue weighted by Gasteiger charge is -2.20. The molecular formula is C17H17FN4O2. The number of nitrogens with two attached hydrogens (primary N) is 1. The number of rotatable bonds is 3. The van der Waals surface area contributed by atoms with E-state index in [2.05, 4.69) is 4.98 Å². The molecule has 1 aromatic carbocycles. The average Bonchev–Trinajstić information content (AvgIpc) is 3.17. The Hall–Kier alpha value is -2.67. The van der Waals surface area contributed by atoms with Crippen LogP contribution in [0.2, 0.25) is 0 Å². The van der Waals surface area contributed by atoms with E-state index in [0.717, 1.165) is 11.1 Å². The summed E-state index contributed by atoms with van der Waals surface area (Å²) in [5, 5.41) is 0. The molecule has 0 radical (unpaired) electrons. The van der Waals surface area contributed by atoms with Crippen LogP contribution in [0.5, 0.6) is 0 Å². The summed E-state index contributed by atoms with van der Waals surface area (Å²) in [5.74, 6) is -0.364. The van der Waals surface area contributed by atoms with Gasteiger partial charge in [-0.3, -0.25) is 9.88 Å². The molecule has 1 saturated heterocycles. The van der Waals surface area contributed by atoms with Crippen molar-refractivity contribution in [2.45, 2.75) is 19.2 Å². The summed E-state index contributed by atoms with van der Waals surface area (Å²) in [6, 6.07) is 6.76. The zero-order valence-electron chi connectivity index (χ0n) is 13.0. The van der Waals surface area contributed by atoms with Crippen molar-refractivity contribution in [3.05, 3.63) is 53.6 Å². The Bertz CT molecular complexity index is 773. The number of nitrogens with zero attached hydrogens (tertiary/aromatic N) is 3. The molecule has 7 heteroatoms. The van der Waals surface area contributed by atoms with Gasteiger partial charge in [0.2, 0.25) is 0 Å². The SMILES string of the molecule is NCC1CN(c2ccc(N3Cc4ccncc4C3)c(F)c2)C(=O)O1. The maximum atomic E-state index is 14.6. The van der Waals surface area contributed by atoms with Crippen LogP contribution in [0.1, 0.15) is 11.1 Å². The fourth-order valence-corrected chi connectivity index (χ4v) is 3.17.